The van der Waals surface area contributed by atoms with Gasteiger partial charge in [-0.15, -0.1) is 11.3 Å². The summed E-state index contributed by atoms with van der Waals surface area (Å²) < 4.78 is 4.94. The maximum atomic E-state index is 12.7. The van der Waals surface area contributed by atoms with Gasteiger partial charge in [-0.3, -0.25) is 19.8 Å². The summed E-state index contributed by atoms with van der Waals surface area (Å²) in [7, 11) is 0. The molecule has 1 aromatic heterocycles. The number of thiazole rings is 1. The van der Waals surface area contributed by atoms with Crippen LogP contribution in [0.25, 0.3) is 0 Å². The molecular formula is C21H24ClN5O4S. The molecule has 170 valence electrons. The fourth-order valence-corrected chi connectivity index (χ4v) is 4.43. The van der Waals surface area contributed by atoms with Crippen molar-refractivity contribution < 1.29 is 19.1 Å². The average Bonchev–Trinajstić information content (AvgIpc) is 3.41. The standard InChI is InChI=1S/C21H24ClN5O4S/c22-16-3-1-15(2-4-16)19(29)24-20-23-17(14-32-20)13-18(28)26-8-5-25(6-9-26)7-10-27-11-12-31-21(27)30/h1-4,14H,5-13H2,(H,23,24,29). The second kappa shape index (κ2) is 10.3. The van der Waals surface area contributed by atoms with Crippen molar-refractivity contribution in [1.82, 2.24) is 19.7 Å². The number of carbonyl (C=O) groups excluding carboxylic acids is 3. The molecule has 2 saturated heterocycles. The highest BCUT2D eigenvalue weighted by Crippen LogP contribution is 2.18. The first-order valence-electron chi connectivity index (χ1n) is 10.4. The fraction of sp³-hybridized carbons (Fsp3) is 0.429. The molecule has 3 heterocycles. The van der Waals surface area contributed by atoms with Gasteiger partial charge in [-0.05, 0) is 24.3 Å². The number of amides is 3. The Labute approximate surface area is 194 Å². The van der Waals surface area contributed by atoms with Crippen molar-refractivity contribution in [3.63, 3.8) is 0 Å². The minimum absolute atomic E-state index is 0.0219. The molecule has 0 aliphatic carbocycles. The molecule has 0 radical (unpaired) electrons. The van der Waals surface area contributed by atoms with E-state index in [1.54, 1.807) is 34.5 Å². The predicted molar refractivity (Wildman–Crippen MR) is 121 cm³/mol. The first-order chi connectivity index (χ1) is 15.5. The van der Waals surface area contributed by atoms with E-state index in [1.807, 2.05) is 4.90 Å². The van der Waals surface area contributed by atoms with Gasteiger partial charge in [0.2, 0.25) is 5.91 Å². The van der Waals surface area contributed by atoms with Crippen molar-refractivity contribution in [2.75, 3.05) is 57.7 Å². The van der Waals surface area contributed by atoms with Crippen LogP contribution in [-0.4, -0.2) is 90.0 Å². The van der Waals surface area contributed by atoms with Crippen molar-refractivity contribution in [3.8, 4) is 0 Å². The van der Waals surface area contributed by atoms with Gasteiger partial charge in [-0.1, -0.05) is 11.6 Å². The van der Waals surface area contributed by atoms with Crippen LogP contribution in [0.1, 0.15) is 16.1 Å². The van der Waals surface area contributed by atoms with Gasteiger partial charge in [0.1, 0.15) is 6.61 Å². The zero-order chi connectivity index (χ0) is 22.5. The highest BCUT2D eigenvalue weighted by Gasteiger charge is 2.25. The Kier molecular flexibility index (Phi) is 7.23. The number of ether oxygens (including phenoxy) is 1. The summed E-state index contributed by atoms with van der Waals surface area (Å²) in [5.41, 5.74) is 1.13. The zero-order valence-corrected chi connectivity index (χ0v) is 19.0. The van der Waals surface area contributed by atoms with E-state index in [1.165, 1.54) is 11.3 Å². The van der Waals surface area contributed by atoms with Crippen LogP contribution in [-0.2, 0) is 16.0 Å². The number of aromatic nitrogens is 1. The number of piperazine rings is 1. The summed E-state index contributed by atoms with van der Waals surface area (Å²) in [6.45, 7) is 5.37. The Hall–Kier alpha value is -2.69. The zero-order valence-electron chi connectivity index (χ0n) is 17.5. The van der Waals surface area contributed by atoms with Gasteiger partial charge < -0.3 is 14.5 Å². The Morgan fingerprint density at radius 1 is 1.09 bits per heavy atom. The highest BCUT2D eigenvalue weighted by atomic mass is 35.5. The van der Waals surface area contributed by atoms with Crippen LogP contribution in [0.3, 0.4) is 0 Å². The summed E-state index contributed by atoms with van der Waals surface area (Å²) >= 11 is 7.14. The maximum Gasteiger partial charge on any atom is 0.409 e. The van der Waals surface area contributed by atoms with Crippen molar-refractivity contribution >= 4 is 46.0 Å². The number of rotatable bonds is 7. The second-order valence-electron chi connectivity index (χ2n) is 7.61. The Balaban J connectivity index is 1.21. The van der Waals surface area contributed by atoms with Crippen LogP contribution < -0.4 is 5.32 Å². The molecule has 2 aliphatic rings. The first-order valence-corrected chi connectivity index (χ1v) is 11.7. The first kappa shape index (κ1) is 22.5. The second-order valence-corrected chi connectivity index (χ2v) is 8.90. The van der Waals surface area contributed by atoms with Gasteiger partial charge in [0, 0.05) is 55.2 Å². The molecule has 0 spiro atoms. The van der Waals surface area contributed by atoms with Crippen molar-refractivity contribution in [2.45, 2.75) is 6.42 Å². The minimum atomic E-state index is -0.271. The van der Waals surface area contributed by atoms with Gasteiger partial charge in [-0.2, -0.15) is 0 Å². The van der Waals surface area contributed by atoms with Crippen LogP contribution in [0.2, 0.25) is 5.02 Å². The van der Waals surface area contributed by atoms with Crippen LogP contribution in [0.4, 0.5) is 9.93 Å². The van der Waals surface area contributed by atoms with Crippen LogP contribution >= 0.6 is 22.9 Å². The van der Waals surface area contributed by atoms with E-state index in [0.717, 1.165) is 19.6 Å². The van der Waals surface area contributed by atoms with E-state index < -0.39 is 0 Å². The highest BCUT2D eigenvalue weighted by molar-refractivity contribution is 7.14. The van der Waals surface area contributed by atoms with Gasteiger partial charge in [0.25, 0.3) is 5.91 Å². The van der Waals surface area contributed by atoms with E-state index in [4.69, 9.17) is 16.3 Å². The van der Waals surface area contributed by atoms with Gasteiger partial charge >= 0.3 is 6.09 Å². The monoisotopic (exact) mass is 477 g/mol. The van der Waals surface area contributed by atoms with Crippen molar-refractivity contribution in [1.29, 1.82) is 0 Å². The molecule has 2 aliphatic heterocycles. The normalized spacial score (nSPS) is 16.8. The van der Waals surface area contributed by atoms with E-state index in [2.05, 4.69) is 15.2 Å². The van der Waals surface area contributed by atoms with Gasteiger partial charge in [0.15, 0.2) is 5.13 Å². The lowest BCUT2D eigenvalue weighted by atomic mass is 10.2. The summed E-state index contributed by atoms with van der Waals surface area (Å²) in [5.74, 6) is -0.249. The largest absolute Gasteiger partial charge is 0.448 e. The quantitative estimate of drug-likeness (QED) is 0.656. The fourth-order valence-electron chi connectivity index (χ4n) is 3.59. The topological polar surface area (TPSA) is 95.1 Å². The van der Waals surface area contributed by atoms with Crippen LogP contribution in [0.15, 0.2) is 29.6 Å². The molecule has 2 fully saturated rings. The third kappa shape index (κ3) is 5.76. The molecule has 1 aromatic carbocycles. The maximum absolute atomic E-state index is 12.7. The molecule has 11 heteroatoms. The van der Waals surface area contributed by atoms with Crippen LogP contribution in [0, 0.1) is 0 Å². The number of benzene rings is 1. The number of cyclic esters (lactones) is 1. The number of nitrogens with one attached hydrogen (secondary N) is 1. The third-order valence-corrected chi connectivity index (χ3v) is 6.53. The SMILES string of the molecule is O=C(Nc1nc(CC(=O)N2CCN(CCN3CCOC3=O)CC2)cs1)c1ccc(Cl)cc1. The molecule has 0 bridgehead atoms. The Bertz CT molecular complexity index is 975. The van der Waals surface area contributed by atoms with E-state index >= 15 is 0 Å². The molecule has 0 atom stereocenters. The summed E-state index contributed by atoms with van der Waals surface area (Å²) in [6, 6.07) is 6.60. The molecule has 9 nitrogen and oxygen atoms in total. The molecular weight excluding hydrogens is 454 g/mol. The van der Waals surface area contributed by atoms with Gasteiger partial charge in [-0.25, -0.2) is 9.78 Å². The van der Waals surface area contributed by atoms with Gasteiger partial charge in [0.05, 0.1) is 18.7 Å². The Morgan fingerprint density at radius 3 is 2.53 bits per heavy atom. The van der Waals surface area contributed by atoms with Crippen LogP contribution in [0.5, 0.6) is 0 Å². The summed E-state index contributed by atoms with van der Waals surface area (Å²) in [6.07, 6.45) is -0.0433. The molecule has 0 unspecified atom stereocenters. The molecule has 0 saturated carbocycles. The van der Waals surface area contributed by atoms with E-state index in [0.29, 0.717) is 54.2 Å². The number of carbonyl (C=O) groups is 3. The predicted octanol–water partition coefficient (Wildman–Crippen LogP) is 2.19. The average molecular weight is 478 g/mol. The molecule has 4 rings (SSSR count). The molecule has 2 aromatic rings. The number of hydrogen-bond donors (Lipinski definition) is 1. The summed E-state index contributed by atoms with van der Waals surface area (Å²) in [4.78, 5) is 46.7. The molecule has 3 amide bonds. The molecule has 1 N–H and O–H groups in total. The van der Waals surface area contributed by atoms with E-state index in [9.17, 15) is 14.4 Å². The van der Waals surface area contributed by atoms with Crippen molar-refractivity contribution in [3.05, 3.63) is 45.9 Å². The number of nitrogens with zero attached hydrogens (tertiary/aromatic N) is 4. The number of anilines is 1. The number of hydrogen-bond acceptors (Lipinski definition) is 7. The lowest BCUT2D eigenvalue weighted by Gasteiger charge is -2.35. The number of halogens is 1. The third-order valence-electron chi connectivity index (χ3n) is 5.47. The van der Waals surface area contributed by atoms with E-state index in [-0.39, 0.29) is 24.3 Å². The lowest BCUT2D eigenvalue weighted by molar-refractivity contribution is -0.132. The van der Waals surface area contributed by atoms with Crippen molar-refractivity contribution in [2.24, 2.45) is 0 Å². The smallest absolute Gasteiger partial charge is 0.409 e. The molecule has 32 heavy (non-hydrogen) atoms. The lowest BCUT2D eigenvalue weighted by Crippen LogP contribution is -2.50. The summed E-state index contributed by atoms with van der Waals surface area (Å²) in [5, 5.41) is 5.57. The Morgan fingerprint density at radius 2 is 1.84 bits per heavy atom. The minimum Gasteiger partial charge on any atom is -0.448 e.